The number of amides is 1. The molecule has 0 aliphatic rings. The van der Waals surface area contributed by atoms with Gasteiger partial charge in [-0.05, 0) is 31.2 Å². The third-order valence-corrected chi connectivity index (χ3v) is 4.19. The van der Waals surface area contributed by atoms with Crippen LogP contribution in [0.1, 0.15) is 27.9 Å². The fraction of sp³-hybridized carbons (Fsp3) is 0.222. The Balaban J connectivity index is 1.60. The van der Waals surface area contributed by atoms with Gasteiger partial charge in [0.25, 0.3) is 5.91 Å². The minimum Gasteiger partial charge on any atom is -0.471 e. The highest BCUT2D eigenvalue weighted by Crippen LogP contribution is 2.17. The zero-order valence-electron chi connectivity index (χ0n) is 15.3. The summed E-state index contributed by atoms with van der Waals surface area (Å²) in [5.74, 6) is -0.293. The van der Waals surface area contributed by atoms with Gasteiger partial charge >= 0.3 is 5.97 Å². The molecule has 10 heteroatoms. The Morgan fingerprint density at radius 3 is 2.71 bits per heavy atom. The Morgan fingerprint density at radius 1 is 1.25 bits per heavy atom. The first-order valence-corrected chi connectivity index (χ1v) is 9.19. The number of rotatable bonds is 7. The maximum atomic E-state index is 12.4. The molecule has 0 saturated carbocycles. The zero-order valence-corrected chi connectivity index (χ0v) is 16.8. The molecule has 2 aromatic heterocycles. The summed E-state index contributed by atoms with van der Waals surface area (Å²) in [6.07, 6.45) is 3.13. The minimum atomic E-state index is -0.533. The van der Waals surface area contributed by atoms with Crippen LogP contribution in [-0.2, 0) is 18.5 Å². The maximum Gasteiger partial charge on any atom is 0.356 e. The summed E-state index contributed by atoms with van der Waals surface area (Å²) in [4.78, 5) is 24.2. The van der Waals surface area contributed by atoms with Gasteiger partial charge in [0.15, 0.2) is 12.4 Å². The molecule has 0 fully saturated rings. The average Bonchev–Trinajstić information content (AvgIpc) is 3.28. The molecule has 0 unspecified atom stereocenters. The Morgan fingerprint density at radius 2 is 2.00 bits per heavy atom. The fourth-order valence-corrected chi connectivity index (χ4v) is 2.60. The lowest BCUT2D eigenvalue weighted by molar-refractivity contribution is 0.0513. The first-order valence-electron chi connectivity index (χ1n) is 8.39. The number of hydrogen-bond acceptors (Lipinski definition) is 6. The summed E-state index contributed by atoms with van der Waals surface area (Å²) < 4.78 is 14.4. The van der Waals surface area contributed by atoms with Gasteiger partial charge in [0.05, 0.1) is 24.7 Å². The molecule has 1 N–H and O–H groups in total. The SMILES string of the molecule is CCOC(=O)c1cc(C(=O)Nc2cnn(COc3ccc(Br)cc3)c2)nn1C. The molecule has 0 bridgehead atoms. The van der Waals surface area contributed by atoms with Gasteiger partial charge in [-0.1, -0.05) is 15.9 Å². The summed E-state index contributed by atoms with van der Waals surface area (Å²) in [5.41, 5.74) is 0.780. The van der Waals surface area contributed by atoms with E-state index in [0.717, 1.165) is 4.47 Å². The van der Waals surface area contributed by atoms with Crippen molar-refractivity contribution in [1.82, 2.24) is 19.6 Å². The van der Waals surface area contributed by atoms with E-state index in [4.69, 9.17) is 9.47 Å². The van der Waals surface area contributed by atoms with Crippen LogP contribution in [-0.4, -0.2) is 38.0 Å². The van der Waals surface area contributed by atoms with Crippen molar-refractivity contribution < 1.29 is 19.1 Å². The molecule has 3 aromatic rings. The number of anilines is 1. The largest absolute Gasteiger partial charge is 0.471 e. The first-order chi connectivity index (χ1) is 13.5. The second-order valence-corrected chi connectivity index (χ2v) is 6.62. The number of hydrogen-bond donors (Lipinski definition) is 1. The van der Waals surface area contributed by atoms with Crippen molar-refractivity contribution in [3.8, 4) is 5.75 Å². The summed E-state index contributed by atoms with van der Waals surface area (Å²) >= 11 is 3.36. The average molecular weight is 448 g/mol. The van der Waals surface area contributed by atoms with Crippen molar-refractivity contribution >= 4 is 33.5 Å². The highest BCUT2D eigenvalue weighted by Gasteiger charge is 2.18. The number of carbonyl (C=O) groups excluding carboxylic acids is 2. The quantitative estimate of drug-likeness (QED) is 0.558. The first kappa shape index (κ1) is 19.6. The lowest BCUT2D eigenvalue weighted by Crippen LogP contribution is -2.12. The fourth-order valence-electron chi connectivity index (χ4n) is 2.34. The standard InChI is InChI=1S/C18H18BrN5O4/c1-3-27-18(26)16-8-15(22-23(16)2)17(25)21-13-9-20-24(10-13)11-28-14-6-4-12(19)5-7-14/h4-10H,3,11H2,1-2H3,(H,21,25). The van der Waals surface area contributed by atoms with E-state index in [9.17, 15) is 9.59 Å². The van der Waals surface area contributed by atoms with Crippen LogP contribution in [0.25, 0.3) is 0 Å². The number of ether oxygens (including phenoxy) is 2. The van der Waals surface area contributed by atoms with E-state index in [1.807, 2.05) is 24.3 Å². The Hall–Kier alpha value is -3.14. The van der Waals surface area contributed by atoms with Crippen molar-refractivity contribution in [2.24, 2.45) is 7.05 Å². The summed E-state index contributed by atoms with van der Waals surface area (Å²) in [5, 5.41) is 10.9. The van der Waals surface area contributed by atoms with E-state index in [0.29, 0.717) is 11.4 Å². The third-order valence-electron chi connectivity index (χ3n) is 3.67. The number of benzene rings is 1. The van der Waals surface area contributed by atoms with Crippen LogP contribution in [0.4, 0.5) is 5.69 Å². The summed E-state index contributed by atoms with van der Waals surface area (Å²) in [6, 6.07) is 8.80. The number of nitrogens with zero attached hydrogens (tertiary/aromatic N) is 4. The van der Waals surface area contributed by atoms with Crippen molar-refractivity contribution in [3.05, 3.63) is 58.6 Å². The molecule has 0 saturated heterocycles. The van der Waals surface area contributed by atoms with Crippen LogP contribution in [0, 0.1) is 0 Å². The number of nitrogens with one attached hydrogen (secondary N) is 1. The number of halogens is 1. The highest BCUT2D eigenvalue weighted by molar-refractivity contribution is 9.10. The molecular weight excluding hydrogens is 430 g/mol. The number of esters is 1. The second kappa shape index (κ2) is 8.70. The van der Waals surface area contributed by atoms with Crippen LogP contribution in [0.3, 0.4) is 0 Å². The Bertz CT molecular complexity index is 980. The van der Waals surface area contributed by atoms with Crippen molar-refractivity contribution in [3.63, 3.8) is 0 Å². The van der Waals surface area contributed by atoms with Crippen molar-refractivity contribution in [1.29, 1.82) is 0 Å². The lowest BCUT2D eigenvalue weighted by Gasteiger charge is -2.05. The van der Waals surface area contributed by atoms with Crippen molar-refractivity contribution in [2.45, 2.75) is 13.7 Å². The molecular formula is C18H18BrN5O4. The van der Waals surface area contributed by atoms with Gasteiger partial charge in [-0.15, -0.1) is 0 Å². The molecule has 0 spiro atoms. The van der Waals surface area contributed by atoms with Gasteiger partial charge < -0.3 is 14.8 Å². The van der Waals surface area contributed by atoms with E-state index in [-0.39, 0.29) is 24.7 Å². The summed E-state index contributed by atoms with van der Waals surface area (Å²) in [7, 11) is 1.57. The van der Waals surface area contributed by atoms with Gasteiger partial charge in [-0.3, -0.25) is 9.48 Å². The van der Waals surface area contributed by atoms with E-state index in [2.05, 4.69) is 31.4 Å². The van der Waals surface area contributed by atoms with Gasteiger partial charge in [0, 0.05) is 17.6 Å². The Labute approximate surface area is 169 Å². The van der Waals surface area contributed by atoms with Gasteiger partial charge in [0.2, 0.25) is 0 Å². The molecule has 0 aliphatic heterocycles. The minimum absolute atomic E-state index is 0.101. The van der Waals surface area contributed by atoms with Crippen LogP contribution in [0.5, 0.6) is 5.75 Å². The number of aryl methyl sites for hydroxylation is 1. The monoisotopic (exact) mass is 447 g/mol. The van der Waals surface area contributed by atoms with E-state index in [1.54, 1.807) is 24.9 Å². The highest BCUT2D eigenvalue weighted by atomic mass is 79.9. The second-order valence-electron chi connectivity index (χ2n) is 5.71. The zero-order chi connectivity index (χ0) is 20.1. The predicted molar refractivity (Wildman–Crippen MR) is 104 cm³/mol. The molecule has 2 heterocycles. The third kappa shape index (κ3) is 4.77. The molecule has 3 rings (SSSR count). The topological polar surface area (TPSA) is 100 Å². The molecule has 1 aromatic carbocycles. The normalized spacial score (nSPS) is 10.5. The number of carbonyl (C=O) groups is 2. The molecule has 0 aliphatic carbocycles. The molecule has 9 nitrogen and oxygen atoms in total. The molecule has 146 valence electrons. The predicted octanol–water partition coefficient (Wildman–Crippen LogP) is 2.84. The lowest BCUT2D eigenvalue weighted by atomic mass is 10.3. The van der Waals surface area contributed by atoms with Gasteiger partial charge in [-0.2, -0.15) is 10.2 Å². The number of aromatic nitrogens is 4. The molecule has 1 amide bonds. The molecule has 28 heavy (non-hydrogen) atoms. The van der Waals surface area contributed by atoms with Crippen LogP contribution in [0.2, 0.25) is 0 Å². The van der Waals surface area contributed by atoms with Crippen LogP contribution >= 0.6 is 15.9 Å². The molecule has 0 atom stereocenters. The van der Waals surface area contributed by atoms with Gasteiger partial charge in [-0.25, -0.2) is 9.48 Å². The summed E-state index contributed by atoms with van der Waals surface area (Å²) in [6.45, 7) is 2.14. The van der Waals surface area contributed by atoms with E-state index in [1.165, 1.54) is 16.9 Å². The smallest absolute Gasteiger partial charge is 0.356 e. The van der Waals surface area contributed by atoms with Crippen molar-refractivity contribution in [2.75, 3.05) is 11.9 Å². The van der Waals surface area contributed by atoms with Gasteiger partial charge in [0.1, 0.15) is 11.4 Å². The van der Waals surface area contributed by atoms with E-state index < -0.39 is 11.9 Å². The van der Waals surface area contributed by atoms with E-state index >= 15 is 0 Å². The Kier molecular flexibility index (Phi) is 6.09. The van der Waals surface area contributed by atoms with Crippen LogP contribution in [0.15, 0.2) is 47.2 Å². The van der Waals surface area contributed by atoms with Crippen LogP contribution < -0.4 is 10.1 Å². The molecule has 0 radical (unpaired) electrons. The maximum absolute atomic E-state index is 12.4.